The smallest absolute Gasteiger partial charge is 0.369 e. The topological polar surface area (TPSA) is 117 Å². The molecule has 1 aliphatic heterocycles. The van der Waals surface area contributed by atoms with Crippen LogP contribution in [0.5, 0.6) is 0 Å². The molecule has 1 aromatic carbocycles. The number of rotatable bonds is 5. The number of carbonyl (C=O) groups excluding carboxylic acids is 1. The SMILES string of the molecule is N#CC1(C2(C(N)=O)CCCCC2c2sc(C(F)(F)F)nc2-c2ccc(N3CCS(=O)(=O)CC3)cc2)CC1. The van der Waals surface area contributed by atoms with Gasteiger partial charge < -0.3 is 10.6 Å². The Labute approximate surface area is 217 Å². The van der Waals surface area contributed by atoms with Crippen molar-refractivity contribution in [2.45, 2.75) is 50.6 Å². The molecule has 2 atom stereocenters. The van der Waals surface area contributed by atoms with Crippen molar-refractivity contribution < 1.29 is 26.4 Å². The number of alkyl halides is 3. The molecule has 3 aliphatic rings. The van der Waals surface area contributed by atoms with Crippen LogP contribution in [0.3, 0.4) is 0 Å². The van der Waals surface area contributed by atoms with Crippen LogP contribution >= 0.6 is 11.3 Å². The number of anilines is 1. The fraction of sp³-hybridized carbons (Fsp3) is 0.560. The van der Waals surface area contributed by atoms with E-state index in [1.165, 1.54) is 0 Å². The van der Waals surface area contributed by atoms with Gasteiger partial charge in [-0.15, -0.1) is 11.3 Å². The normalized spacial score (nSPS) is 26.9. The standard InChI is InChI=1S/C25H27F3N4O3S2/c26-25(27,28)22-31-19(16-4-6-17(7-5-16)32-11-13-37(34,35)14-12-32)20(36-22)18-3-1-2-8-24(18,21(30)33)23(15-29)9-10-23/h4-7,18H,1-3,8-14H2,(H2,30,33). The van der Waals surface area contributed by atoms with Gasteiger partial charge in [-0.25, -0.2) is 13.4 Å². The number of nitrogens with zero attached hydrogens (tertiary/aromatic N) is 3. The quantitative estimate of drug-likeness (QED) is 0.584. The predicted molar refractivity (Wildman–Crippen MR) is 134 cm³/mol. The Kier molecular flexibility index (Phi) is 6.30. The van der Waals surface area contributed by atoms with Gasteiger partial charge in [-0.2, -0.15) is 18.4 Å². The molecule has 37 heavy (non-hydrogen) atoms. The maximum atomic E-state index is 13.8. The van der Waals surface area contributed by atoms with Crippen LogP contribution in [0.25, 0.3) is 11.3 Å². The zero-order valence-corrected chi connectivity index (χ0v) is 21.7. The summed E-state index contributed by atoms with van der Waals surface area (Å²) >= 11 is 0.543. The van der Waals surface area contributed by atoms with Gasteiger partial charge in [0.1, 0.15) is 0 Å². The second-order valence-corrected chi connectivity index (χ2v) is 13.6. The maximum absolute atomic E-state index is 13.8. The van der Waals surface area contributed by atoms with E-state index in [2.05, 4.69) is 11.1 Å². The van der Waals surface area contributed by atoms with Crippen LogP contribution in [-0.4, -0.2) is 43.9 Å². The van der Waals surface area contributed by atoms with Gasteiger partial charge >= 0.3 is 6.18 Å². The average molecular weight is 553 g/mol. The minimum atomic E-state index is -4.66. The Hall–Kier alpha value is -2.65. The largest absolute Gasteiger partial charge is 0.443 e. The number of nitriles is 1. The molecule has 12 heteroatoms. The first kappa shape index (κ1) is 26.0. The number of aromatic nitrogens is 1. The van der Waals surface area contributed by atoms with Gasteiger partial charge in [0.15, 0.2) is 14.8 Å². The van der Waals surface area contributed by atoms with Gasteiger partial charge in [-0.3, -0.25) is 4.79 Å². The third-order valence-corrected chi connectivity index (χ3v) is 11.1. The first-order chi connectivity index (χ1) is 17.4. The number of sulfone groups is 1. The van der Waals surface area contributed by atoms with E-state index < -0.39 is 43.7 Å². The lowest BCUT2D eigenvalue weighted by atomic mass is 9.57. The molecule has 2 N–H and O–H groups in total. The molecule has 1 saturated heterocycles. The van der Waals surface area contributed by atoms with E-state index in [9.17, 15) is 31.6 Å². The highest BCUT2D eigenvalue weighted by molar-refractivity contribution is 7.91. The summed E-state index contributed by atoms with van der Waals surface area (Å²) in [5.74, 6) is -1.15. The molecule has 3 fully saturated rings. The highest BCUT2D eigenvalue weighted by atomic mass is 32.2. The fourth-order valence-corrected chi connectivity index (χ4v) is 8.49. The number of benzene rings is 1. The fourth-order valence-electron chi connectivity index (χ4n) is 6.11. The number of amides is 1. The summed E-state index contributed by atoms with van der Waals surface area (Å²) in [4.78, 5) is 19.3. The van der Waals surface area contributed by atoms with E-state index in [4.69, 9.17) is 5.73 Å². The van der Waals surface area contributed by atoms with Gasteiger partial charge in [0, 0.05) is 35.1 Å². The Morgan fingerprint density at radius 3 is 2.32 bits per heavy atom. The number of thiazole rings is 1. The molecule has 1 amide bonds. The average Bonchev–Trinajstić information content (AvgIpc) is 3.53. The summed E-state index contributed by atoms with van der Waals surface area (Å²) in [5.41, 5.74) is 5.18. The van der Waals surface area contributed by atoms with Crippen molar-refractivity contribution in [2.24, 2.45) is 16.6 Å². The van der Waals surface area contributed by atoms with Crippen LogP contribution in [0, 0.1) is 22.2 Å². The van der Waals surface area contributed by atoms with Gasteiger partial charge in [0.2, 0.25) is 5.91 Å². The van der Waals surface area contributed by atoms with Gasteiger partial charge in [-0.05, 0) is 37.8 Å². The van der Waals surface area contributed by atoms with Gasteiger partial charge in [0.05, 0.1) is 34.1 Å². The molecule has 2 saturated carbocycles. The molecule has 1 aromatic heterocycles. The van der Waals surface area contributed by atoms with Crippen molar-refractivity contribution in [2.75, 3.05) is 29.5 Å². The Morgan fingerprint density at radius 2 is 1.78 bits per heavy atom. The summed E-state index contributed by atoms with van der Waals surface area (Å²) in [6.45, 7) is 0.697. The number of halogens is 3. The summed E-state index contributed by atoms with van der Waals surface area (Å²) in [7, 11) is -3.05. The van der Waals surface area contributed by atoms with Crippen LogP contribution in [0.15, 0.2) is 24.3 Å². The van der Waals surface area contributed by atoms with E-state index in [1.54, 1.807) is 24.3 Å². The number of hydrogen-bond donors (Lipinski definition) is 1. The van der Waals surface area contributed by atoms with Crippen molar-refractivity contribution in [1.82, 2.24) is 4.98 Å². The van der Waals surface area contributed by atoms with Crippen molar-refractivity contribution in [1.29, 1.82) is 5.26 Å². The number of hydrogen-bond acceptors (Lipinski definition) is 7. The van der Waals surface area contributed by atoms with Crippen molar-refractivity contribution in [3.05, 3.63) is 34.2 Å². The van der Waals surface area contributed by atoms with Crippen LogP contribution in [0.4, 0.5) is 18.9 Å². The molecule has 0 bridgehead atoms. The molecule has 0 spiro atoms. The molecule has 2 unspecified atom stereocenters. The van der Waals surface area contributed by atoms with E-state index in [1.807, 2.05) is 4.90 Å². The first-order valence-corrected chi connectivity index (χ1v) is 14.9. The van der Waals surface area contributed by atoms with E-state index in [-0.39, 0.29) is 17.2 Å². The molecular weight excluding hydrogens is 525 g/mol. The lowest BCUT2D eigenvalue weighted by molar-refractivity contribution is -0.137. The predicted octanol–water partition coefficient (Wildman–Crippen LogP) is 4.50. The summed E-state index contributed by atoms with van der Waals surface area (Å²) in [6, 6.07) is 9.18. The van der Waals surface area contributed by atoms with Crippen LogP contribution in [-0.2, 0) is 20.8 Å². The van der Waals surface area contributed by atoms with E-state index in [0.717, 1.165) is 12.1 Å². The first-order valence-electron chi connectivity index (χ1n) is 12.3. The Bertz CT molecular complexity index is 1350. The van der Waals surface area contributed by atoms with Gasteiger partial charge in [0.25, 0.3) is 0 Å². The third kappa shape index (κ3) is 4.40. The highest BCUT2D eigenvalue weighted by Crippen LogP contribution is 2.68. The molecule has 0 radical (unpaired) electrons. The van der Waals surface area contributed by atoms with E-state index in [0.29, 0.717) is 67.0 Å². The minimum absolute atomic E-state index is 0.0530. The van der Waals surface area contributed by atoms with Crippen LogP contribution in [0.2, 0.25) is 0 Å². The van der Waals surface area contributed by atoms with Crippen LogP contribution < -0.4 is 10.6 Å². The highest BCUT2D eigenvalue weighted by Gasteiger charge is 2.67. The zero-order chi connectivity index (χ0) is 26.6. The second kappa shape index (κ2) is 8.98. The Morgan fingerprint density at radius 1 is 1.14 bits per heavy atom. The summed E-state index contributed by atoms with van der Waals surface area (Å²) in [5, 5.41) is 9.01. The lowest BCUT2D eigenvalue weighted by Gasteiger charge is -2.45. The molecule has 5 rings (SSSR count). The molecule has 2 aromatic rings. The number of nitrogens with two attached hydrogens (primary N) is 1. The van der Waals surface area contributed by atoms with Crippen LogP contribution in [0.1, 0.15) is 54.3 Å². The minimum Gasteiger partial charge on any atom is -0.369 e. The molecule has 198 valence electrons. The number of carbonyl (C=O) groups is 1. The van der Waals surface area contributed by atoms with Crippen molar-refractivity contribution in [3.8, 4) is 17.3 Å². The van der Waals surface area contributed by atoms with Crippen molar-refractivity contribution >= 4 is 32.8 Å². The second-order valence-electron chi connectivity index (χ2n) is 10.2. The lowest BCUT2D eigenvalue weighted by Crippen LogP contribution is -2.50. The zero-order valence-electron chi connectivity index (χ0n) is 20.1. The number of primary amides is 1. The monoisotopic (exact) mass is 552 g/mol. The van der Waals surface area contributed by atoms with Gasteiger partial charge in [-0.1, -0.05) is 25.0 Å². The molecular formula is C25H27F3N4O3S2. The van der Waals surface area contributed by atoms with Crippen molar-refractivity contribution in [3.63, 3.8) is 0 Å². The molecule has 2 heterocycles. The maximum Gasteiger partial charge on any atom is 0.443 e. The summed E-state index contributed by atoms with van der Waals surface area (Å²) < 4.78 is 65.0. The third-order valence-electron chi connectivity index (χ3n) is 8.23. The molecule has 2 aliphatic carbocycles. The van der Waals surface area contributed by atoms with E-state index >= 15 is 0 Å². The molecule has 7 nitrogen and oxygen atoms in total. The summed E-state index contributed by atoms with van der Waals surface area (Å²) in [6.07, 6.45) is -1.42. The Balaban J connectivity index is 1.57.